The molecule has 0 fully saturated rings. The minimum Gasteiger partial charge on any atom is -0.322 e. The van der Waals surface area contributed by atoms with Gasteiger partial charge in [-0.05, 0) is 36.2 Å². The van der Waals surface area contributed by atoms with Crippen molar-refractivity contribution in [2.45, 2.75) is 13.3 Å². The molecule has 0 aliphatic rings. The van der Waals surface area contributed by atoms with Crippen LogP contribution in [0.5, 0.6) is 0 Å². The van der Waals surface area contributed by atoms with Crippen molar-refractivity contribution in [2.24, 2.45) is 0 Å². The number of nitrogens with one attached hydrogen (secondary N) is 1. The SMILES string of the molecule is CCc1cccc(NC(=O)c2ccc(-n3ccnc3)nc2)c1. The third kappa shape index (κ3) is 3.03. The van der Waals surface area contributed by atoms with Gasteiger partial charge < -0.3 is 5.32 Å². The number of rotatable bonds is 4. The number of aromatic nitrogens is 3. The first-order chi connectivity index (χ1) is 10.8. The van der Waals surface area contributed by atoms with Crippen molar-refractivity contribution in [3.05, 3.63) is 72.4 Å². The maximum Gasteiger partial charge on any atom is 0.257 e. The van der Waals surface area contributed by atoms with Crippen LogP contribution >= 0.6 is 0 Å². The van der Waals surface area contributed by atoms with Crippen LogP contribution in [0.4, 0.5) is 5.69 Å². The Bertz CT molecular complexity index is 764. The summed E-state index contributed by atoms with van der Waals surface area (Å²) in [6.07, 6.45) is 7.65. The smallest absolute Gasteiger partial charge is 0.257 e. The van der Waals surface area contributed by atoms with E-state index in [-0.39, 0.29) is 5.91 Å². The molecular weight excluding hydrogens is 276 g/mol. The molecule has 0 spiro atoms. The summed E-state index contributed by atoms with van der Waals surface area (Å²) in [5.41, 5.74) is 2.50. The van der Waals surface area contributed by atoms with Crippen molar-refractivity contribution in [2.75, 3.05) is 5.32 Å². The molecule has 5 nitrogen and oxygen atoms in total. The second-order valence-corrected chi connectivity index (χ2v) is 4.88. The highest BCUT2D eigenvalue weighted by Gasteiger charge is 2.07. The lowest BCUT2D eigenvalue weighted by molar-refractivity contribution is 0.102. The molecule has 0 atom stereocenters. The number of nitrogens with zero attached hydrogens (tertiary/aromatic N) is 3. The number of pyridine rings is 1. The van der Waals surface area contributed by atoms with E-state index in [0.717, 1.165) is 17.9 Å². The second-order valence-electron chi connectivity index (χ2n) is 4.88. The molecule has 1 N–H and O–H groups in total. The number of benzene rings is 1. The Morgan fingerprint density at radius 3 is 2.86 bits per heavy atom. The monoisotopic (exact) mass is 292 g/mol. The van der Waals surface area contributed by atoms with Gasteiger partial charge in [-0.3, -0.25) is 9.36 Å². The molecule has 5 heteroatoms. The van der Waals surface area contributed by atoms with E-state index < -0.39 is 0 Å². The summed E-state index contributed by atoms with van der Waals surface area (Å²) in [4.78, 5) is 20.5. The molecular formula is C17H16N4O. The number of hydrogen-bond acceptors (Lipinski definition) is 3. The van der Waals surface area contributed by atoms with Crippen LogP contribution in [0.25, 0.3) is 5.82 Å². The van der Waals surface area contributed by atoms with E-state index in [1.54, 1.807) is 41.6 Å². The summed E-state index contributed by atoms with van der Waals surface area (Å²) < 4.78 is 1.78. The predicted molar refractivity (Wildman–Crippen MR) is 85.1 cm³/mol. The van der Waals surface area contributed by atoms with Gasteiger partial charge in [0.15, 0.2) is 0 Å². The van der Waals surface area contributed by atoms with Crippen LogP contribution in [0.1, 0.15) is 22.8 Å². The minimum absolute atomic E-state index is 0.169. The highest BCUT2D eigenvalue weighted by atomic mass is 16.1. The van der Waals surface area contributed by atoms with Crippen molar-refractivity contribution >= 4 is 11.6 Å². The summed E-state index contributed by atoms with van der Waals surface area (Å²) in [6, 6.07) is 11.4. The summed E-state index contributed by atoms with van der Waals surface area (Å²) >= 11 is 0. The van der Waals surface area contributed by atoms with Crippen LogP contribution in [0, 0.1) is 0 Å². The van der Waals surface area contributed by atoms with E-state index in [1.165, 1.54) is 5.56 Å². The van der Waals surface area contributed by atoms with Gasteiger partial charge in [0.05, 0.1) is 5.56 Å². The molecule has 0 unspecified atom stereocenters. The van der Waals surface area contributed by atoms with Crippen LogP contribution in [0.15, 0.2) is 61.3 Å². The van der Waals surface area contributed by atoms with Crippen molar-refractivity contribution in [3.63, 3.8) is 0 Å². The normalized spacial score (nSPS) is 10.4. The zero-order valence-corrected chi connectivity index (χ0v) is 12.2. The van der Waals surface area contributed by atoms with Gasteiger partial charge >= 0.3 is 0 Å². The quantitative estimate of drug-likeness (QED) is 0.804. The molecule has 0 aliphatic heterocycles. The van der Waals surface area contributed by atoms with E-state index in [2.05, 4.69) is 22.2 Å². The lowest BCUT2D eigenvalue weighted by Crippen LogP contribution is -2.12. The Hall–Kier alpha value is -2.95. The van der Waals surface area contributed by atoms with Gasteiger partial charge in [0.25, 0.3) is 5.91 Å². The Balaban J connectivity index is 1.74. The Morgan fingerprint density at radius 1 is 1.27 bits per heavy atom. The number of carbonyl (C=O) groups excluding carboxylic acids is 1. The highest BCUT2D eigenvalue weighted by Crippen LogP contribution is 2.13. The van der Waals surface area contributed by atoms with Gasteiger partial charge in [0, 0.05) is 24.3 Å². The predicted octanol–water partition coefficient (Wildman–Crippen LogP) is 3.08. The second kappa shape index (κ2) is 6.22. The zero-order chi connectivity index (χ0) is 15.4. The van der Waals surface area contributed by atoms with E-state index in [9.17, 15) is 4.79 Å². The van der Waals surface area contributed by atoms with E-state index in [0.29, 0.717) is 5.56 Å². The molecule has 22 heavy (non-hydrogen) atoms. The molecule has 3 aromatic rings. The standard InChI is InChI=1S/C17H16N4O/c1-2-13-4-3-5-15(10-13)20-17(22)14-6-7-16(19-11-14)21-9-8-18-12-21/h3-12H,2H2,1H3,(H,20,22). The molecule has 1 amide bonds. The van der Waals surface area contributed by atoms with Crippen molar-refractivity contribution < 1.29 is 4.79 Å². The van der Waals surface area contributed by atoms with Gasteiger partial charge in [0.1, 0.15) is 12.1 Å². The molecule has 0 bridgehead atoms. The lowest BCUT2D eigenvalue weighted by atomic mass is 10.1. The largest absolute Gasteiger partial charge is 0.322 e. The van der Waals surface area contributed by atoms with Gasteiger partial charge in [-0.1, -0.05) is 19.1 Å². The number of imidazole rings is 1. The third-order valence-electron chi connectivity index (χ3n) is 3.37. The molecule has 0 saturated carbocycles. The summed E-state index contributed by atoms with van der Waals surface area (Å²) in [7, 11) is 0. The number of anilines is 1. The zero-order valence-electron chi connectivity index (χ0n) is 12.2. The van der Waals surface area contributed by atoms with Crippen molar-refractivity contribution in [1.82, 2.24) is 14.5 Å². The van der Waals surface area contributed by atoms with Gasteiger partial charge in [-0.15, -0.1) is 0 Å². The fourth-order valence-electron chi connectivity index (χ4n) is 2.14. The van der Waals surface area contributed by atoms with E-state index in [4.69, 9.17) is 0 Å². The molecule has 3 rings (SSSR count). The van der Waals surface area contributed by atoms with Crippen LogP contribution in [-0.4, -0.2) is 20.4 Å². The summed E-state index contributed by atoms with van der Waals surface area (Å²) in [5, 5.41) is 2.89. The maximum absolute atomic E-state index is 12.2. The molecule has 0 radical (unpaired) electrons. The van der Waals surface area contributed by atoms with Crippen LogP contribution < -0.4 is 5.32 Å². The number of carbonyl (C=O) groups is 1. The molecule has 0 aliphatic carbocycles. The van der Waals surface area contributed by atoms with E-state index >= 15 is 0 Å². The Kier molecular flexibility index (Phi) is 3.96. The van der Waals surface area contributed by atoms with Gasteiger partial charge in [-0.25, -0.2) is 9.97 Å². The fourth-order valence-corrected chi connectivity index (χ4v) is 2.14. The Morgan fingerprint density at radius 2 is 2.18 bits per heavy atom. The summed E-state index contributed by atoms with van der Waals surface area (Å²) in [6.45, 7) is 2.08. The van der Waals surface area contributed by atoms with Crippen LogP contribution in [-0.2, 0) is 6.42 Å². The number of amides is 1. The van der Waals surface area contributed by atoms with Crippen molar-refractivity contribution in [3.8, 4) is 5.82 Å². The topological polar surface area (TPSA) is 59.8 Å². The number of hydrogen-bond donors (Lipinski definition) is 1. The van der Waals surface area contributed by atoms with Crippen molar-refractivity contribution in [1.29, 1.82) is 0 Å². The first-order valence-electron chi connectivity index (χ1n) is 7.11. The molecule has 110 valence electrons. The maximum atomic E-state index is 12.2. The van der Waals surface area contributed by atoms with Crippen LogP contribution in [0.3, 0.4) is 0 Å². The first kappa shape index (κ1) is 14.0. The minimum atomic E-state index is -0.169. The fraction of sp³-hybridized carbons (Fsp3) is 0.118. The Labute approximate surface area is 128 Å². The van der Waals surface area contributed by atoms with E-state index in [1.807, 2.05) is 24.3 Å². The average Bonchev–Trinajstić information content (AvgIpc) is 3.09. The average molecular weight is 292 g/mol. The molecule has 2 heterocycles. The van der Waals surface area contributed by atoms with Gasteiger partial charge in [0.2, 0.25) is 0 Å². The first-order valence-corrected chi connectivity index (χ1v) is 7.11. The molecule has 2 aromatic heterocycles. The van der Waals surface area contributed by atoms with Gasteiger partial charge in [-0.2, -0.15) is 0 Å². The van der Waals surface area contributed by atoms with Crippen LogP contribution in [0.2, 0.25) is 0 Å². The molecule has 1 aromatic carbocycles. The number of aryl methyl sites for hydroxylation is 1. The third-order valence-corrected chi connectivity index (χ3v) is 3.37. The lowest BCUT2D eigenvalue weighted by Gasteiger charge is -2.07. The summed E-state index contributed by atoms with van der Waals surface area (Å²) in [5.74, 6) is 0.556. The molecule has 0 saturated heterocycles. The highest BCUT2D eigenvalue weighted by molar-refractivity contribution is 6.04.